The molecule has 0 unspecified atom stereocenters. The minimum atomic E-state index is 0.803. The van der Waals surface area contributed by atoms with Crippen molar-refractivity contribution in [3.8, 4) is 11.5 Å². The molecule has 3 rings (SSSR count). The molecule has 0 saturated heterocycles. The third-order valence-electron chi connectivity index (χ3n) is 4.05. The molecule has 4 N–H and O–H groups in total. The van der Waals surface area contributed by atoms with Crippen molar-refractivity contribution in [3.05, 3.63) is 35.9 Å². The Kier molecular flexibility index (Phi) is 3.47. The molecule has 21 heavy (non-hydrogen) atoms. The molecule has 0 spiro atoms. The summed E-state index contributed by atoms with van der Waals surface area (Å²) in [5, 5.41) is 2.15. The number of nitrogen functional groups attached to an aromatic ring is 1. The largest absolute Gasteiger partial charge is 0.445 e. The van der Waals surface area contributed by atoms with E-state index in [1.165, 1.54) is 5.69 Å². The molecule has 0 saturated carbocycles. The fourth-order valence-electron chi connectivity index (χ4n) is 2.73. The van der Waals surface area contributed by atoms with Gasteiger partial charge in [-0.2, -0.15) is 0 Å². The van der Waals surface area contributed by atoms with Gasteiger partial charge in [0.2, 0.25) is 0 Å². The second-order valence-electron chi connectivity index (χ2n) is 5.39. The fraction of sp³-hybridized carbons (Fsp3) is 0.294. The highest BCUT2D eigenvalue weighted by Gasteiger charge is 2.23. The SMILES string of the molecule is CCN(CC)c1ccc2c(c1)[NH2+]c1cc(N)c(C)cc1O2. The molecule has 0 amide bonds. The Balaban J connectivity index is 1.98. The van der Waals surface area contributed by atoms with Crippen molar-refractivity contribution in [3.63, 3.8) is 0 Å². The van der Waals surface area contributed by atoms with Crippen LogP contribution in [0.1, 0.15) is 19.4 Å². The third kappa shape index (κ3) is 2.43. The summed E-state index contributed by atoms with van der Waals surface area (Å²) in [5.74, 6) is 1.78. The average Bonchev–Trinajstić information content (AvgIpc) is 2.48. The first-order valence-electron chi connectivity index (χ1n) is 7.44. The van der Waals surface area contributed by atoms with Crippen LogP contribution in [0.4, 0.5) is 22.7 Å². The monoisotopic (exact) mass is 284 g/mol. The highest BCUT2D eigenvalue weighted by molar-refractivity contribution is 5.68. The molecule has 1 aliphatic heterocycles. The summed E-state index contributed by atoms with van der Waals surface area (Å²) >= 11 is 0. The molecule has 4 heteroatoms. The third-order valence-corrected chi connectivity index (χ3v) is 4.05. The second-order valence-corrected chi connectivity index (χ2v) is 5.39. The zero-order valence-corrected chi connectivity index (χ0v) is 12.8. The van der Waals surface area contributed by atoms with Crippen molar-refractivity contribution < 1.29 is 10.1 Å². The van der Waals surface area contributed by atoms with E-state index in [1.807, 2.05) is 25.1 Å². The standard InChI is InChI=1S/C17H21N3O/c1-4-20(5-2)12-6-7-16-14(9-12)19-15-10-13(18)11(3)8-17(15)21-16/h6-10,19H,4-5,18H2,1-3H3/p+1. The number of hydrogen-bond donors (Lipinski definition) is 2. The normalized spacial score (nSPS) is 12.3. The molecule has 0 bridgehead atoms. The first kappa shape index (κ1) is 13.8. The lowest BCUT2D eigenvalue weighted by Gasteiger charge is -2.24. The minimum Gasteiger partial charge on any atom is -0.445 e. The number of benzene rings is 2. The van der Waals surface area contributed by atoms with E-state index in [1.54, 1.807) is 0 Å². The van der Waals surface area contributed by atoms with Crippen molar-refractivity contribution in [2.75, 3.05) is 23.7 Å². The van der Waals surface area contributed by atoms with Gasteiger partial charge in [0, 0.05) is 36.6 Å². The quantitative estimate of drug-likeness (QED) is 0.727. The highest BCUT2D eigenvalue weighted by atomic mass is 16.5. The van der Waals surface area contributed by atoms with E-state index in [2.05, 4.69) is 36.2 Å². The molecule has 0 fully saturated rings. The molecule has 0 radical (unpaired) electrons. The van der Waals surface area contributed by atoms with Crippen LogP contribution in [-0.2, 0) is 0 Å². The summed E-state index contributed by atoms with van der Waals surface area (Å²) in [6.07, 6.45) is 0. The van der Waals surface area contributed by atoms with Crippen LogP contribution >= 0.6 is 0 Å². The summed E-state index contributed by atoms with van der Waals surface area (Å²) in [6, 6.07) is 10.3. The van der Waals surface area contributed by atoms with Crippen molar-refractivity contribution in [2.45, 2.75) is 20.8 Å². The molecule has 4 nitrogen and oxygen atoms in total. The fourth-order valence-corrected chi connectivity index (χ4v) is 2.73. The van der Waals surface area contributed by atoms with Gasteiger partial charge in [-0.05, 0) is 44.5 Å². The molecule has 0 aromatic heterocycles. The number of aryl methyl sites for hydroxylation is 1. The van der Waals surface area contributed by atoms with Gasteiger partial charge in [-0.25, -0.2) is 0 Å². The Morgan fingerprint density at radius 2 is 1.76 bits per heavy atom. The van der Waals surface area contributed by atoms with Gasteiger partial charge in [0.1, 0.15) is 0 Å². The van der Waals surface area contributed by atoms with E-state index in [0.29, 0.717) is 0 Å². The van der Waals surface area contributed by atoms with Crippen molar-refractivity contribution in [2.24, 2.45) is 0 Å². The van der Waals surface area contributed by atoms with Crippen LogP contribution in [0.25, 0.3) is 0 Å². The summed E-state index contributed by atoms with van der Waals surface area (Å²) < 4.78 is 6.01. The van der Waals surface area contributed by atoms with Crippen LogP contribution in [0.15, 0.2) is 30.3 Å². The van der Waals surface area contributed by atoms with Gasteiger partial charge in [-0.3, -0.25) is 5.32 Å². The minimum absolute atomic E-state index is 0.803. The van der Waals surface area contributed by atoms with Gasteiger partial charge < -0.3 is 15.4 Å². The number of fused-ring (bicyclic) bond motifs is 2. The van der Waals surface area contributed by atoms with E-state index in [9.17, 15) is 0 Å². The van der Waals surface area contributed by atoms with Gasteiger partial charge in [-0.1, -0.05) is 0 Å². The van der Waals surface area contributed by atoms with Gasteiger partial charge in [0.05, 0.1) is 0 Å². The number of ether oxygens (including phenoxy) is 1. The van der Waals surface area contributed by atoms with Crippen LogP contribution in [0, 0.1) is 6.92 Å². The van der Waals surface area contributed by atoms with E-state index < -0.39 is 0 Å². The number of quaternary nitrogens is 1. The predicted octanol–water partition coefficient (Wildman–Crippen LogP) is 3.06. The van der Waals surface area contributed by atoms with E-state index in [4.69, 9.17) is 10.5 Å². The van der Waals surface area contributed by atoms with Crippen molar-refractivity contribution in [1.29, 1.82) is 0 Å². The van der Waals surface area contributed by atoms with Crippen LogP contribution in [-0.4, -0.2) is 13.1 Å². The van der Waals surface area contributed by atoms with Crippen LogP contribution in [0.2, 0.25) is 0 Å². The molecule has 0 atom stereocenters. The topological polar surface area (TPSA) is 55.1 Å². The maximum Gasteiger partial charge on any atom is 0.189 e. The molecule has 110 valence electrons. The first-order valence-corrected chi connectivity index (χ1v) is 7.44. The number of anilines is 2. The predicted molar refractivity (Wildman–Crippen MR) is 86.9 cm³/mol. The van der Waals surface area contributed by atoms with E-state index in [0.717, 1.165) is 47.2 Å². The van der Waals surface area contributed by atoms with Crippen molar-refractivity contribution in [1.82, 2.24) is 0 Å². The smallest absolute Gasteiger partial charge is 0.189 e. The lowest BCUT2D eigenvalue weighted by molar-refractivity contribution is -0.483. The number of rotatable bonds is 3. The summed E-state index contributed by atoms with van der Waals surface area (Å²) in [5.41, 5.74) is 11.2. The lowest BCUT2D eigenvalue weighted by Crippen LogP contribution is -2.72. The number of nitrogens with two attached hydrogens (primary N) is 2. The maximum absolute atomic E-state index is 6.01. The van der Waals surface area contributed by atoms with Gasteiger partial charge in [0.25, 0.3) is 0 Å². The van der Waals surface area contributed by atoms with Crippen LogP contribution in [0.5, 0.6) is 11.5 Å². The van der Waals surface area contributed by atoms with Crippen LogP contribution < -0.4 is 20.7 Å². The van der Waals surface area contributed by atoms with E-state index >= 15 is 0 Å². The van der Waals surface area contributed by atoms with Crippen molar-refractivity contribution >= 4 is 22.7 Å². The Bertz CT molecular complexity index is 678. The van der Waals surface area contributed by atoms with Gasteiger partial charge in [-0.15, -0.1) is 0 Å². The molecular formula is C17H22N3O+. The summed E-state index contributed by atoms with van der Waals surface area (Å²) in [7, 11) is 0. The average molecular weight is 284 g/mol. The lowest BCUT2D eigenvalue weighted by atomic mass is 10.1. The highest BCUT2D eigenvalue weighted by Crippen LogP contribution is 2.39. The maximum atomic E-state index is 6.01. The number of hydrogen-bond acceptors (Lipinski definition) is 3. The second kappa shape index (κ2) is 5.30. The first-order chi connectivity index (χ1) is 10.1. The molecule has 1 heterocycles. The molecule has 0 aliphatic carbocycles. The Labute approximate surface area is 125 Å². The van der Waals surface area contributed by atoms with E-state index in [-0.39, 0.29) is 0 Å². The van der Waals surface area contributed by atoms with Gasteiger partial charge >= 0.3 is 0 Å². The molecule has 1 aliphatic rings. The van der Waals surface area contributed by atoms with Crippen LogP contribution in [0.3, 0.4) is 0 Å². The zero-order chi connectivity index (χ0) is 15.0. The Hall–Kier alpha value is -2.20. The van der Waals surface area contributed by atoms with Gasteiger partial charge in [0.15, 0.2) is 22.9 Å². The number of nitrogens with zero attached hydrogens (tertiary/aromatic N) is 1. The zero-order valence-electron chi connectivity index (χ0n) is 12.8. The Morgan fingerprint density at radius 1 is 1.05 bits per heavy atom. The molecule has 2 aromatic rings. The molecular weight excluding hydrogens is 262 g/mol. The summed E-state index contributed by atoms with van der Waals surface area (Å²) in [4.78, 5) is 2.33. The molecule has 2 aromatic carbocycles. The Morgan fingerprint density at radius 3 is 2.48 bits per heavy atom. The summed E-state index contributed by atoms with van der Waals surface area (Å²) in [6.45, 7) is 8.33.